The minimum atomic E-state index is -0.532. The molecule has 0 aromatic heterocycles. The fourth-order valence-electron chi connectivity index (χ4n) is 0.989. The smallest absolute Gasteiger partial charge is 0.0826 e. The summed E-state index contributed by atoms with van der Waals surface area (Å²) in [7, 11) is 0. The van der Waals surface area contributed by atoms with Crippen LogP contribution >= 0.6 is 23.2 Å². The number of hydroxylamine groups is 1. The molecule has 0 spiro atoms. The molecule has 1 rings (SSSR count). The number of rotatable bonds is 3. The predicted octanol–water partition coefficient (Wildman–Crippen LogP) is 1.80. The zero-order chi connectivity index (χ0) is 9.84. The second-order valence-corrected chi connectivity index (χ2v) is 3.44. The van der Waals surface area contributed by atoms with Crippen molar-refractivity contribution in [2.24, 2.45) is 5.73 Å². The first kappa shape index (κ1) is 10.8. The van der Waals surface area contributed by atoms with Crippen molar-refractivity contribution in [2.75, 3.05) is 0 Å². The summed E-state index contributed by atoms with van der Waals surface area (Å²) >= 11 is 11.7. The Kier molecular flexibility index (Phi) is 3.96. The summed E-state index contributed by atoms with van der Waals surface area (Å²) in [5.74, 6) is 0. The molecule has 13 heavy (non-hydrogen) atoms. The Morgan fingerprint density at radius 3 is 2.77 bits per heavy atom. The van der Waals surface area contributed by atoms with Crippen LogP contribution in [0.15, 0.2) is 18.2 Å². The zero-order valence-electron chi connectivity index (χ0n) is 6.80. The maximum absolute atomic E-state index is 8.51. The average molecular weight is 221 g/mol. The van der Waals surface area contributed by atoms with Gasteiger partial charge in [-0.05, 0) is 11.6 Å². The van der Waals surface area contributed by atoms with Gasteiger partial charge in [0.15, 0.2) is 0 Å². The van der Waals surface area contributed by atoms with Crippen molar-refractivity contribution in [3.8, 4) is 0 Å². The van der Waals surface area contributed by atoms with Gasteiger partial charge >= 0.3 is 0 Å². The summed E-state index contributed by atoms with van der Waals surface area (Å²) < 4.78 is 0. The molecule has 0 aliphatic rings. The van der Waals surface area contributed by atoms with Gasteiger partial charge in [0.2, 0.25) is 0 Å². The van der Waals surface area contributed by atoms with Gasteiger partial charge in [-0.2, -0.15) is 5.48 Å². The first-order valence-electron chi connectivity index (χ1n) is 3.73. The van der Waals surface area contributed by atoms with Crippen LogP contribution in [-0.2, 0) is 6.42 Å². The van der Waals surface area contributed by atoms with E-state index in [4.69, 9.17) is 34.1 Å². The molecule has 1 aromatic carbocycles. The number of benzene rings is 1. The van der Waals surface area contributed by atoms with E-state index in [1.165, 1.54) is 0 Å². The second kappa shape index (κ2) is 4.79. The van der Waals surface area contributed by atoms with E-state index in [0.717, 1.165) is 5.56 Å². The van der Waals surface area contributed by atoms with E-state index in [-0.39, 0.29) is 0 Å². The van der Waals surface area contributed by atoms with Crippen LogP contribution in [0.3, 0.4) is 0 Å². The molecule has 0 aliphatic heterocycles. The van der Waals surface area contributed by atoms with E-state index in [0.29, 0.717) is 16.5 Å². The number of nitrogens with one attached hydrogen (secondary N) is 1. The molecule has 3 nitrogen and oxygen atoms in total. The quantitative estimate of drug-likeness (QED) is 0.538. The summed E-state index contributed by atoms with van der Waals surface area (Å²) in [5.41, 5.74) is 8.21. The third-order valence-electron chi connectivity index (χ3n) is 1.64. The minimum absolute atomic E-state index is 0.426. The SMILES string of the molecule is NC(Cc1cccc(Cl)c1Cl)NO. The number of hydrogen-bond donors (Lipinski definition) is 3. The number of nitrogens with two attached hydrogens (primary N) is 1. The van der Waals surface area contributed by atoms with E-state index in [9.17, 15) is 0 Å². The van der Waals surface area contributed by atoms with E-state index in [1.807, 2.05) is 11.5 Å². The molecule has 0 aliphatic carbocycles. The monoisotopic (exact) mass is 220 g/mol. The highest BCUT2D eigenvalue weighted by molar-refractivity contribution is 6.42. The molecule has 1 unspecified atom stereocenters. The summed E-state index contributed by atoms with van der Waals surface area (Å²) in [6.45, 7) is 0. The molecule has 72 valence electrons. The summed E-state index contributed by atoms with van der Waals surface area (Å²) in [6, 6.07) is 5.30. The lowest BCUT2D eigenvalue weighted by Gasteiger charge is -2.10. The Balaban J connectivity index is 2.83. The van der Waals surface area contributed by atoms with Gasteiger partial charge in [-0.15, -0.1) is 0 Å². The molecular weight excluding hydrogens is 211 g/mol. The fraction of sp³-hybridized carbons (Fsp3) is 0.250. The van der Waals surface area contributed by atoms with E-state index < -0.39 is 6.17 Å². The third kappa shape index (κ3) is 2.83. The predicted molar refractivity (Wildman–Crippen MR) is 53.1 cm³/mol. The van der Waals surface area contributed by atoms with Gasteiger partial charge in [-0.1, -0.05) is 35.3 Å². The van der Waals surface area contributed by atoms with Gasteiger partial charge in [0, 0.05) is 6.42 Å². The Hall–Kier alpha value is -0.320. The lowest BCUT2D eigenvalue weighted by Crippen LogP contribution is -2.36. The molecule has 1 atom stereocenters. The van der Waals surface area contributed by atoms with Crippen molar-refractivity contribution >= 4 is 23.2 Å². The Morgan fingerprint density at radius 1 is 1.46 bits per heavy atom. The maximum atomic E-state index is 8.51. The highest BCUT2D eigenvalue weighted by atomic mass is 35.5. The van der Waals surface area contributed by atoms with Crippen LogP contribution in [0.5, 0.6) is 0 Å². The molecule has 0 saturated carbocycles. The van der Waals surface area contributed by atoms with Gasteiger partial charge in [-0.3, -0.25) is 0 Å². The summed E-state index contributed by atoms with van der Waals surface area (Å²) in [5, 5.41) is 9.48. The van der Waals surface area contributed by atoms with Crippen molar-refractivity contribution < 1.29 is 5.21 Å². The summed E-state index contributed by atoms with van der Waals surface area (Å²) in [4.78, 5) is 0. The molecule has 0 heterocycles. The molecule has 0 fully saturated rings. The average Bonchev–Trinajstić information content (AvgIpc) is 2.13. The van der Waals surface area contributed by atoms with Crippen LogP contribution in [-0.4, -0.2) is 11.4 Å². The maximum Gasteiger partial charge on any atom is 0.0826 e. The van der Waals surface area contributed by atoms with Crippen LogP contribution in [0.1, 0.15) is 5.56 Å². The highest BCUT2D eigenvalue weighted by Gasteiger charge is 2.07. The minimum Gasteiger partial charge on any atom is -0.315 e. The first-order valence-corrected chi connectivity index (χ1v) is 4.49. The van der Waals surface area contributed by atoms with Gasteiger partial charge in [0.05, 0.1) is 16.2 Å². The zero-order valence-corrected chi connectivity index (χ0v) is 8.31. The molecule has 0 bridgehead atoms. The van der Waals surface area contributed by atoms with Crippen molar-refractivity contribution in [3.63, 3.8) is 0 Å². The van der Waals surface area contributed by atoms with Crippen LogP contribution in [0, 0.1) is 0 Å². The Morgan fingerprint density at radius 2 is 2.15 bits per heavy atom. The number of halogens is 2. The standard InChI is InChI=1S/C8H10Cl2N2O/c9-6-3-1-2-5(8(6)10)4-7(11)12-13/h1-3,7,12-13H,4,11H2. The first-order chi connectivity index (χ1) is 6.15. The van der Waals surface area contributed by atoms with Crippen LogP contribution in [0.2, 0.25) is 10.0 Å². The van der Waals surface area contributed by atoms with E-state index >= 15 is 0 Å². The topological polar surface area (TPSA) is 58.3 Å². The van der Waals surface area contributed by atoms with E-state index in [1.54, 1.807) is 12.1 Å². The highest BCUT2D eigenvalue weighted by Crippen LogP contribution is 2.25. The van der Waals surface area contributed by atoms with Gasteiger partial charge in [0.1, 0.15) is 0 Å². The second-order valence-electron chi connectivity index (χ2n) is 2.65. The van der Waals surface area contributed by atoms with Crippen LogP contribution in [0.25, 0.3) is 0 Å². The number of hydrogen-bond acceptors (Lipinski definition) is 3. The molecule has 0 radical (unpaired) electrons. The van der Waals surface area contributed by atoms with Gasteiger partial charge in [-0.25, -0.2) is 0 Å². The van der Waals surface area contributed by atoms with Gasteiger partial charge < -0.3 is 10.9 Å². The third-order valence-corrected chi connectivity index (χ3v) is 2.50. The van der Waals surface area contributed by atoms with Crippen molar-refractivity contribution in [1.29, 1.82) is 0 Å². The molecule has 0 saturated heterocycles. The van der Waals surface area contributed by atoms with Crippen LogP contribution in [0.4, 0.5) is 0 Å². The molecule has 0 amide bonds. The van der Waals surface area contributed by atoms with Crippen LogP contribution < -0.4 is 11.2 Å². The molecular formula is C8H10Cl2N2O. The normalized spacial score (nSPS) is 12.9. The molecule has 5 heteroatoms. The summed E-state index contributed by atoms with van der Waals surface area (Å²) in [6.07, 6.45) is -0.105. The van der Waals surface area contributed by atoms with E-state index in [2.05, 4.69) is 0 Å². The molecule has 4 N–H and O–H groups in total. The molecule has 1 aromatic rings. The lowest BCUT2D eigenvalue weighted by atomic mass is 10.1. The lowest BCUT2D eigenvalue weighted by molar-refractivity contribution is 0.128. The van der Waals surface area contributed by atoms with Crippen molar-refractivity contribution in [2.45, 2.75) is 12.6 Å². The Labute approximate surface area is 86.4 Å². The van der Waals surface area contributed by atoms with Crippen molar-refractivity contribution in [1.82, 2.24) is 5.48 Å². The fourth-order valence-corrected chi connectivity index (χ4v) is 1.39. The van der Waals surface area contributed by atoms with Gasteiger partial charge in [0.25, 0.3) is 0 Å². The van der Waals surface area contributed by atoms with Crippen molar-refractivity contribution in [3.05, 3.63) is 33.8 Å². The largest absolute Gasteiger partial charge is 0.315 e. The Bertz CT molecular complexity index is 293.